The lowest BCUT2D eigenvalue weighted by Gasteiger charge is -2.28. The molecular formula is C23H42O4. The van der Waals surface area contributed by atoms with Gasteiger partial charge in [-0.2, -0.15) is 0 Å². The Morgan fingerprint density at radius 1 is 0.704 bits per heavy atom. The van der Waals surface area contributed by atoms with Gasteiger partial charge in [0.25, 0.3) is 0 Å². The molecule has 2 aliphatic rings. The van der Waals surface area contributed by atoms with E-state index < -0.39 is 0 Å². The molecule has 0 aliphatic heterocycles. The van der Waals surface area contributed by atoms with E-state index in [2.05, 4.69) is 6.92 Å². The van der Waals surface area contributed by atoms with E-state index >= 15 is 0 Å². The van der Waals surface area contributed by atoms with Crippen LogP contribution in [0.3, 0.4) is 0 Å². The van der Waals surface area contributed by atoms with Crippen LogP contribution >= 0.6 is 0 Å². The van der Waals surface area contributed by atoms with Crippen LogP contribution in [-0.4, -0.2) is 38.0 Å². The highest BCUT2D eigenvalue weighted by Crippen LogP contribution is 2.27. The maximum absolute atomic E-state index is 12.2. The maximum atomic E-state index is 12.2. The molecule has 2 aliphatic carbocycles. The Bertz CT molecular complexity index is 371. The lowest BCUT2D eigenvalue weighted by Crippen LogP contribution is -2.29. The fraction of sp³-hybridized carbons (Fsp3) is 0.957. The molecule has 4 heteroatoms. The number of esters is 1. The summed E-state index contributed by atoms with van der Waals surface area (Å²) in [6.07, 6.45) is 18.3. The average Bonchev–Trinajstić information content (AvgIpc) is 2.71. The van der Waals surface area contributed by atoms with Crippen LogP contribution in [0.4, 0.5) is 0 Å². The van der Waals surface area contributed by atoms with Crippen molar-refractivity contribution in [1.29, 1.82) is 0 Å². The summed E-state index contributed by atoms with van der Waals surface area (Å²) < 4.78 is 17.4. The highest BCUT2D eigenvalue weighted by Gasteiger charge is 2.27. The van der Waals surface area contributed by atoms with Gasteiger partial charge in [0.05, 0.1) is 37.9 Å². The van der Waals surface area contributed by atoms with Crippen molar-refractivity contribution >= 4 is 5.97 Å². The molecule has 0 atom stereocenters. The van der Waals surface area contributed by atoms with Crippen LogP contribution < -0.4 is 0 Å². The van der Waals surface area contributed by atoms with Crippen LogP contribution in [0.2, 0.25) is 0 Å². The van der Waals surface area contributed by atoms with E-state index in [1.165, 1.54) is 64.2 Å². The minimum atomic E-state index is 0.0163. The first kappa shape index (κ1) is 22.7. The minimum absolute atomic E-state index is 0.0163. The number of carbonyl (C=O) groups is 1. The summed E-state index contributed by atoms with van der Waals surface area (Å²) >= 11 is 0. The van der Waals surface area contributed by atoms with E-state index in [4.69, 9.17) is 14.2 Å². The molecule has 0 amide bonds. The normalized spacial score (nSPS) is 24.0. The standard InChI is InChI=1S/C23H42O4/c1-2-3-4-5-6-10-17-27-23(24)20-13-15-22(16-14-20)26-19-18-25-21-11-8-7-9-12-21/h20-22H,2-19H2,1H3. The van der Waals surface area contributed by atoms with E-state index in [0.29, 0.717) is 32.0 Å². The molecule has 0 saturated heterocycles. The second-order valence-electron chi connectivity index (χ2n) is 8.41. The third kappa shape index (κ3) is 9.94. The minimum Gasteiger partial charge on any atom is -0.465 e. The summed E-state index contributed by atoms with van der Waals surface area (Å²) in [7, 11) is 0. The third-order valence-corrected chi connectivity index (χ3v) is 6.09. The monoisotopic (exact) mass is 382 g/mol. The Morgan fingerprint density at radius 3 is 1.96 bits per heavy atom. The molecule has 0 bridgehead atoms. The molecule has 158 valence electrons. The van der Waals surface area contributed by atoms with E-state index in [-0.39, 0.29) is 11.9 Å². The van der Waals surface area contributed by atoms with Crippen molar-refractivity contribution in [3.05, 3.63) is 0 Å². The van der Waals surface area contributed by atoms with Crippen LogP contribution in [0.1, 0.15) is 103 Å². The SMILES string of the molecule is CCCCCCCCOC(=O)C1CCC(OCCOC2CCCCC2)CC1. The number of hydrogen-bond donors (Lipinski definition) is 0. The highest BCUT2D eigenvalue weighted by atomic mass is 16.5. The average molecular weight is 383 g/mol. The van der Waals surface area contributed by atoms with E-state index in [9.17, 15) is 4.79 Å². The molecule has 2 saturated carbocycles. The van der Waals surface area contributed by atoms with E-state index in [0.717, 1.165) is 32.1 Å². The fourth-order valence-corrected chi connectivity index (χ4v) is 4.30. The molecule has 2 rings (SSSR count). The zero-order valence-corrected chi connectivity index (χ0v) is 17.6. The van der Waals surface area contributed by atoms with Crippen LogP contribution in [0.25, 0.3) is 0 Å². The van der Waals surface area contributed by atoms with Crippen LogP contribution in [0.15, 0.2) is 0 Å². The van der Waals surface area contributed by atoms with E-state index in [1.807, 2.05) is 0 Å². The number of ether oxygens (including phenoxy) is 3. The first-order chi connectivity index (χ1) is 13.3. The quantitative estimate of drug-likeness (QED) is 0.298. The molecule has 0 unspecified atom stereocenters. The van der Waals surface area contributed by atoms with Crippen molar-refractivity contribution < 1.29 is 19.0 Å². The molecule has 0 spiro atoms. The predicted molar refractivity (Wildman–Crippen MR) is 109 cm³/mol. The van der Waals surface area contributed by atoms with Crippen molar-refractivity contribution in [1.82, 2.24) is 0 Å². The molecule has 0 heterocycles. The van der Waals surface area contributed by atoms with Crippen LogP contribution in [-0.2, 0) is 19.0 Å². The Labute approximate surface area is 166 Å². The number of unbranched alkanes of at least 4 members (excludes halogenated alkanes) is 5. The van der Waals surface area contributed by atoms with E-state index in [1.54, 1.807) is 0 Å². The van der Waals surface area contributed by atoms with Crippen molar-refractivity contribution in [2.75, 3.05) is 19.8 Å². The van der Waals surface area contributed by atoms with Gasteiger partial charge >= 0.3 is 5.97 Å². The van der Waals surface area contributed by atoms with Gasteiger partial charge in [0.15, 0.2) is 0 Å². The van der Waals surface area contributed by atoms with Gasteiger partial charge in [-0.15, -0.1) is 0 Å². The number of rotatable bonds is 13. The van der Waals surface area contributed by atoms with Gasteiger partial charge in [0.2, 0.25) is 0 Å². The zero-order chi connectivity index (χ0) is 19.2. The largest absolute Gasteiger partial charge is 0.465 e. The molecule has 0 aromatic rings. The van der Waals surface area contributed by atoms with Gasteiger partial charge in [-0.05, 0) is 44.9 Å². The second-order valence-corrected chi connectivity index (χ2v) is 8.41. The van der Waals surface area contributed by atoms with Crippen molar-refractivity contribution in [3.63, 3.8) is 0 Å². The summed E-state index contributed by atoms with van der Waals surface area (Å²) in [6.45, 7) is 4.23. The van der Waals surface area contributed by atoms with Crippen molar-refractivity contribution in [2.24, 2.45) is 5.92 Å². The summed E-state index contributed by atoms with van der Waals surface area (Å²) in [6, 6.07) is 0. The zero-order valence-electron chi connectivity index (χ0n) is 17.6. The Balaban J connectivity index is 1.44. The van der Waals surface area contributed by atoms with Gasteiger partial charge in [-0.1, -0.05) is 58.3 Å². The summed E-state index contributed by atoms with van der Waals surface area (Å²) in [5.74, 6) is 0.103. The molecule has 0 aromatic heterocycles. The Kier molecular flexibility index (Phi) is 12.1. The van der Waals surface area contributed by atoms with Crippen LogP contribution in [0, 0.1) is 5.92 Å². The Hall–Kier alpha value is -0.610. The summed E-state index contributed by atoms with van der Waals surface area (Å²) in [5, 5.41) is 0. The number of hydrogen-bond acceptors (Lipinski definition) is 4. The lowest BCUT2D eigenvalue weighted by molar-refractivity contribution is -0.151. The molecule has 4 nitrogen and oxygen atoms in total. The molecule has 27 heavy (non-hydrogen) atoms. The Morgan fingerprint density at radius 2 is 1.30 bits per heavy atom. The first-order valence-electron chi connectivity index (χ1n) is 11.7. The third-order valence-electron chi connectivity index (χ3n) is 6.09. The lowest BCUT2D eigenvalue weighted by atomic mass is 9.87. The van der Waals surface area contributed by atoms with Gasteiger partial charge in [-0.3, -0.25) is 4.79 Å². The van der Waals surface area contributed by atoms with Crippen molar-refractivity contribution in [2.45, 2.75) is 115 Å². The summed E-state index contributed by atoms with van der Waals surface area (Å²) in [5.41, 5.74) is 0. The highest BCUT2D eigenvalue weighted by molar-refractivity contribution is 5.72. The maximum Gasteiger partial charge on any atom is 0.308 e. The van der Waals surface area contributed by atoms with Gasteiger partial charge in [0, 0.05) is 0 Å². The van der Waals surface area contributed by atoms with Gasteiger partial charge < -0.3 is 14.2 Å². The molecule has 2 fully saturated rings. The number of carbonyl (C=O) groups excluding carboxylic acids is 1. The first-order valence-corrected chi connectivity index (χ1v) is 11.7. The molecule has 0 radical (unpaired) electrons. The van der Waals surface area contributed by atoms with Crippen LogP contribution in [0.5, 0.6) is 0 Å². The predicted octanol–water partition coefficient (Wildman–Crippen LogP) is 5.81. The topological polar surface area (TPSA) is 44.8 Å². The second kappa shape index (κ2) is 14.4. The van der Waals surface area contributed by atoms with Gasteiger partial charge in [-0.25, -0.2) is 0 Å². The van der Waals surface area contributed by atoms with Crippen molar-refractivity contribution in [3.8, 4) is 0 Å². The van der Waals surface area contributed by atoms with Gasteiger partial charge in [0.1, 0.15) is 0 Å². The summed E-state index contributed by atoms with van der Waals surface area (Å²) in [4.78, 5) is 12.2. The molecule has 0 N–H and O–H groups in total. The smallest absolute Gasteiger partial charge is 0.308 e. The molecule has 0 aromatic carbocycles. The molecular weight excluding hydrogens is 340 g/mol. The fourth-order valence-electron chi connectivity index (χ4n) is 4.30.